The van der Waals surface area contributed by atoms with Crippen LogP contribution in [-0.4, -0.2) is 33.9 Å². The van der Waals surface area contributed by atoms with Crippen molar-refractivity contribution in [2.75, 3.05) is 27.9 Å². The first-order chi connectivity index (χ1) is 13.1. The highest BCUT2D eigenvalue weighted by Gasteiger charge is 2.12. The van der Waals surface area contributed by atoms with E-state index in [1.807, 2.05) is 31.2 Å². The van der Waals surface area contributed by atoms with Crippen LogP contribution in [0.3, 0.4) is 0 Å². The van der Waals surface area contributed by atoms with Crippen LogP contribution < -0.4 is 18.9 Å². The maximum absolute atomic E-state index is 12.1. The summed E-state index contributed by atoms with van der Waals surface area (Å²) in [5.41, 5.74) is 1.53. The van der Waals surface area contributed by atoms with E-state index in [0.29, 0.717) is 29.6 Å². The molecule has 0 aliphatic carbocycles. The third-order valence-corrected chi connectivity index (χ3v) is 3.74. The fraction of sp³-hybridized carbons (Fsp3) is 0.286. The first-order valence-electron chi connectivity index (χ1n) is 8.48. The van der Waals surface area contributed by atoms with Gasteiger partial charge in [-0.1, -0.05) is 18.2 Å². The van der Waals surface area contributed by atoms with Crippen LogP contribution in [0.25, 0.3) is 6.08 Å². The molecular formula is C21H24O6. The van der Waals surface area contributed by atoms with E-state index in [9.17, 15) is 4.79 Å². The molecule has 0 radical (unpaired) electrons. The maximum atomic E-state index is 12.1. The fourth-order valence-corrected chi connectivity index (χ4v) is 2.48. The number of carbonyl (C=O) groups excluding carboxylic acids is 1. The molecule has 0 aliphatic rings. The molecule has 0 saturated heterocycles. The molecule has 27 heavy (non-hydrogen) atoms. The van der Waals surface area contributed by atoms with Crippen LogP contribution in [0.1, 0.15) is 18.1 Å². The maximum Gasteiger partial charge on any atom is 0.331 e. The van der Waals surface area contributed by atoms with Crippen molar-refractivity contribution in [3.05, 3.63) is 53.6 Å². The molecule has 0 spiro atoms. The molecule has 0 bridgehead atoms. The van der Waals surface area contributed by atoms with Gasteiger partial charge in [0.15, 0.2) is 11.5 Å². The van der Waals surface area contributed by atoms with Gasteiger partial charge >= 0.3 is 5.97 Å². The van der Waals surface area contributed by atoms with E-state index < -0.39 is 5.97 Å². The van der Waals surface area contributed by atoms with Gasteiger partial charge in [-0.3, -0.25) is 0 Å². The first-order valence-corrected chi connectivity index (χ1v) is 8.48. The molecule has 0 aromatic heterocycles. The summed E-state index contributed by atoms with van der Waals surface area (Å²) in [5.74, 6) is 1.76. The van der Waals surface area contributed by atoms with Gasteiger partial charge < -0.3 is 23.7 Å². The Bertz CT molecular complexity index is 772. The SMILES string of the molecule is CCOc1ccccc1COC(=O)/C=C/c1cc(OC)c(OC)c(OC)c1. The lowest BCUT2D eigenvalue weighted by molar-refractivity contribution is -0.138. The molecule has 2 aromatic rings. The van der Waals surface area contributed by atoms with Crippen LogP contribution in [0.5, 0.6) is 23.0 Å². The van der Waals surface area contributed by atoms with E-state index in [-0.39, 0.29) is 6.61 Å². The Kier molecular flexibility index (Phi) is 7.55. The highest BCUT2D eigenvalue weighted by Crippen LogP contribution is 2.38. The second kappa shape index (κ2) is 10.1. The lowest BCUT2D eigenvalue weighted by atomic mass is 10.1. The van der Waals surface area contributed by atoms with Crippen molar-refractivity contribution in [2.45, 2.75) is 13.5 Å². The van der Waals surface area contributed by atoms with Crippen LogP contribution >= 0.6 is 0 Å². The number of carbonyl (C=O) groups is 1. The first kappa shape index (κ1) is 20.2. The fourth-order valence-electron chi connectivity index (χ4n) is 2.48. The summed E-state index contributed by atoms with van der Waals surface area (Å²) in [5, 5.41) is 0. The van der Waals surface area contributed by atoms with Crippen LogP contribution in [0, 0.1) is 0 Å². The number of hydrogen-bond donors (Lipinski definition) is 0. The number of para-hydroxylation sites is 1. The van der Waals surface area contributed by atoms with Gasteiger partial charge in [-0.25, -0.2) is 4.79 Å². The van der Waals surface area contributed by atoms with Gasteiger partial charge in [-0.2, -0.15) is 0 Å². The molecule has 0 aliphatic heterocycles. The van der Waals surface area contributed by atoms with E-state index in [4.69, 9.17) is 23.7 Å². The summed E-state index contributed by atoms with van der Waals surface area (Å²) in [6.07, 6.45) is 2.98. The van der Waals surface area contributed by atoms with E-state index in [1.165, 1.54) is 27.4 Å². The van der Waals surface area contributed by atoms with Gasteiger partial charge in [0, 0.05) is 11.6 Å². The van der Waals surface area contributed by atoms with Crippen molar-refractivity contribution in [3.8, 4) is 23.0 Å². The number of rotatable bonds is 9. The number of esters is 1. The standard InChI is InChI=1S/C21H24O6/c1-5-26-17-9-7-6-8-16(17)14-27-20(22)11-10-15-12-18(23-2)21(25-4)19(13-15)24-3/h6-13H,5,14H2,1-4H3/b11-10+. The van der Waals surface area contributed by atoms with Gasteiger partial charge in [0.25, 0.3) is 0 Å². The second-order valence-electron chi connectivity index (χ2n) is 5.44. The Hall–Kier alpha value is -3.15. The lowest BCUT2D eigenvalue weighted by Gasteiger charge is -2.12. The van der Waals surface area contributed by atoms with Crippen LogP contribution in [0.15, 0.2) is 42.5 Å². The zero-order valence-corrected chi connectivity index (χ0v) is 16.0. The van der Waals surface area contributed by atoms with Gasteiger partial charge in [-0.05, 0) is 36.8 Å². The normalized spacial score (nSPS) is 10.5. The van der Waals surface area contributed by atoms with E-state index >= 15 is 0 Å². The Morgan fingerprint density at radius 1 is 0.963 bits per heavy atom. The van der Waals surface area contributed by atoms with Gasteiger partial charge in [0.1, 0.15) is 12.4 Å². The summed E-state index contributed by atoms with van der Waals surface area (Å²) in [4.78, 5) is 12.1. The third-order valence-electron chi connectivity index (χ3n) is 3.74. The van der Waals surface area contributed by atoms with E-state index in [1.54, 1.807) is 18.2 Å². The van der Waals surface area contributed by atoms with Crippen molar-refractivity contribution >= 4 is 12.0 Å². The minimum absolute atomic E-state index is 0.134. The van der Waals surface area contributed by atoms with Gasteiger partial charge in [-0.15, -0.1) is 0 Å². The molecular weight excluding hydrogens is 348 g/mol. The van der Waals surface area contributed by atoms with Crippen molar-refractivity contribution in [2.24, 2.45) is 0 Å². The average molecular weight is 372 g/mol. The lowest BCUT2D eigenvalue weighted by Crippen LogP contribution is -2.03. The van der Waals surface area contributed by atoms with Crippen molar-refractivity contribution in [3.63, 3.8) is 0 Å². The van der Waals surface area contributed by atoms with Crippen molar-refractivity contribution in [1.82, 2.24) is 0 Å². The molecule has 6 heteroatoms. The van der Waals surface area contributed by atoms with Crippen LogP contribution in [0.4, 0.5) is 0 Å². The summed E-state index contributed by atoms with van der Waals surface area (Å²) < 4.78 is 26.7. The molecule has 0 fully saturated rings. The number of ether oxygens (including phenoxy) is 5. The van der Waals surface area contributed by atoms with Crippen molar-refractivity contribution < 1.29 is 28.5 Å². The third kappa shape index (κ3) is 5.41. The summed E-state index contributed by atoms with van der Waals surface area (Å²) >= 11 is 0. The molecule has 0 saturated carbocycles. The molecule has 144 valence electrons. The predicted octanol–water partition coefficient (Wildman–Crippen LogP) is 3.87. The highest BCUT2D eigenvalue weighted by molar-refractivity contribution is 5.87. The number of methoxy groups -OCH3 is 3. The Balaban J connectivity index is 2.07. The summed E-state index contributed by atoms with van der Waals surface area (Å²) in [6, 6.07) is 10.9. The topological polar surface area (TPSA) is 63.2 Å². The molecule has 2 aromatic carbocycles. The minimum atomic E-state index is -0.463. The molecule has 0 unspecified atom stereocenters. The molecule has 0 N–H and O–H groups in total. The monoisotopic (exact) mass is 372 g/mol. The predicted molar refractivity (Wildman–Crippen MR) is 103 cm³/mol. The Morgan fingerprint density at radius 2 is 1.63 bits per heavy atom. The Labute approximate surface area is 159 Å². The molecule has 2 rings (SSSR count). The largest absolute Gasteiger partial charge is 0.493 e. The molecule has 0 atom stereocenters. The molecule has 0 amide bonds. The minimum Gasteiger partial charge on any atom is -0.493 e. The van der Waals surface area contributed by atoms with E-state index in [0.717, 1.165) is 11.1 Å². The second-order valence-corrected chi connectivity index (χ2v) is 5.44. The Morgan fingerprint density at radius 3 is 2.22 bits per heavy atom. The highest BCUT2D eigenvalue weighted by atomic mass is 16.5. The summed E-state index contributed by atoms with van der Waals surface area (Å²) in [7, 11) is 4.61. The molecule has 6 nitrogen and oxygen atoms in total. The zero-order valence-electron chi connectivity index (χ0n) is 16.0. The zero-order chi connectivity index (χ0) is 19.6. The quantitative estimate of drug-likeness (QED) is 0.492. The molecule has 0 heterocycles. The van der Waals surface area contributed by atoms with Crippen LogP contribution in [0.2, 0.25) is 0 Å². The van der Waals surface area contributed by atoms with E-state index in [2.05, 4.69) is 0 Å². The number of hydrogen-bond acceptors (Lipinski definition) is 6. The number of benzene rings is 2. The van der Waals surface area contributed by atoms with Gasteiger partial charge in [0.2, 0.25) is 5.75 Å². The smallest absolute Gasteiger partial charge is 0.331 e. The summed E-state index contributed by atoms with van der Waals surface area (Å²) in [6.45, 7) is 2.59. The van der Waals surface area contributed by atoms with Gasteiger partial charge in [0.05, 0.1) is 27.9 Å². The van der Waals surface area contributed by atoms with Crippen molar-refractivity contribution in [1.29, 1.82) is 0 Å². The van der Waals surface area contributed by atoms with Crippen LogP contribution in [-0.2, 0) is 16.1 Å². The average Bonchev–Trinajstić information content (AvgIpc) is 2.70.